The second kappa shape index (κ2) is 6.04. The van der Waals surface area contributed by atoms with E-state index in [1.807, 2.05) is 4.98 Å². The van der Waals surface area contributed by atoms with Crippen molar-refractivity contribution in [2.24, 2.45) is 5.92 Å². The van der Waals surface area contributed by atoms with Crippen LogP contribution >= 0.6 is 0 Å². The van der Waals surface area contributed by atoms with Crippen LogP contribution in [0.2, 0.25) is 0 Å². The van der Waals surface area contributed by atoms with E-state index in [1.54, 1.807) is 0 Å². The Morgan fingerprint density at radius 3 is 2.81 bits per heavy atom. The predicted octanol–water partition coefficient (Wildman–Crippen LogP) is -1.87. The van der Waals surface area contributed by atoms with E-state index in [0.29, 0.717) is 0 Å². The topological polar surface area (TPSA) is 142 Å². The third-order valence-corrected chi connectivity index (χ3v) is 3.17. The predicted molar refractivity (Wildman–Crippen MR) is 69.6 cm³/mol. The lowest BCUT2D eigenvalue weighted by Crippen LogP contribution is -2.37. The Balaban J connectivity index is 2.41. The maximum absolute atomic E-state index is 11.8. The van der Waals surface area contributed by atoms with Crippen molar-refractivity contribution in [2.75, 3.05) is 13.2 Å². The number of nitrogens with one attached hydrogen (secondary N) is 1. The number of rotatable bonds is 4. The fourth-order valence-electron chi connectivity index (χ4n) is 2.03. The normalized spacial score (nSPS) is 25.5. The summed E-state index contributed by atoms with van der Waals surface area (Å²) in [5, 5.41) is 27.6. The molecule has 2 heterocycles. The van der Waals surface area contributed by atoms with Gasteiger partial charge < -0.3 is 20.1 Å². The number of H-pyrrole nitrogens is 1. The third kappa shape index (κ3) is 3.10. The lowest BCUT2D eigenvalue weighted by atomic mass is 10.1. The van der Waals surface area contributed by atoms with Gasteiger partial charge in [-0.25, -0.2) is 9.59 Å². The summed E-state index contributed by atoms with van der Waals surface area (Å²) < 4.78 is 6.21. The first kappa shape index (κ1) is 15.2. The smallest absolute Gasteiger partial charge is 0.330 e. The van der Waals surface area contributed by atoms with Crippen LogP contribution in [0.3, 0.4) is 0 Å². The number of aromatic nitrogens is 2. The second-order valence-corrected chi connectivity index (χ2v) is 4.58. The highest BCUT2D eigenvalue weighted by molar-refractivity contribution is 5.85. The van der Waals surface area contributed by atoms with Crippen LogP contribution in [0.5, 0.6) is 0 Å². The van der Waals surface area contributed by atoms with E-state index in [0.717, 1.165) is 22.9 Å². The van der Waals surface area contributed by atoms with Crippen molar-refractivity contribution in [3.63, 3.8) is 0 Å². The summed E-state index contributed by atoms with van der Waals surface area (Å²) in [6, 6.07) is 0. The molecule has 4 N–H and O–H groups in total. The average molecular weight is 298 g/mol. The number of aliphatic hydroxyl groups is 2. The number of hydrogen-bond donors (Lipinski definition) is 4. The van der Waals surface area contributed by atoms with Crippen LogP contribution in [0, 0.1) is 5.92 Å². The van der Waals surface area contributed by atoms with Gasteiger partial charge in [-0.1, -0.05) is 0 Å². The largest absolute Gasteiger partial charge is 0.478 e. The molecule has 1 aliphatic rings. The van der Waals surface area contributed by atoms with Gasteiger partial charge in [-0.15, -0.1) is 0 Å². The van der Waals surface area contributed by atoms with Crippen molar-refractivity contribution in [1.82, 2.24) is 9.55 Å². The highest BCUT2D eigenvalue weighted by Gasteiger charge is 2.37. The van der Waals surface area contributed by atoms with Gasteiger partial charge in [-0.3, -0.25) is 14.3 Å². The Morgan fingerprint density at radius 1 is 1.52 bits per heavy atom. The van der Waals surface area contributed by atoms with Crippen molar-refractivity contribution >= 4 is 12.0 Å². The summed E-state index contributed by atoms with van der Waals surface area (Å²) in [5.74, 6) is -1.78. The number of nitrogens with zero attached hydrogens (tertiary/aromatic N) is 1. The van der Waals surface area contributed by atoms with Gasteiger partial charge in [0.1, 0.15) is 6.10 Å². The molecule has 9 nitrogen and oxygen atoms in total. The second-order valence-electron chi connectivity index (χ2n) is 4.58. The number of hydrogen-bond acceptors (Lipinski definition) is 6. The molecule has 114 valence electrons. The summed E-state index contributed by atoms with van der Waals surface area (Å²) in [4.78, 5) is 35.8. The first-order valence-electron chi connectivity index (χ1n) is 6.11. The number of carboxylic acids is 1. The maximum atomic E-state index is 11.8. The highest BCUT2D eigenvalue weighted by Crippen LogP contribution is 2.27. The summed E-state index contributed by atoms with van der Waals surface area (Å²) in [6.45, 7) is -0.240. The van der Waals surface area contributed by atoms with Gasteiger partial charge in [0.25, 0.3) is 5.56 Å². The summed E-state index contributed by atoms with van der Waals surface area (Å²) >= 11 is 0. The van der Waals surface area contributed by atoms with Crippen molar-refractivity contribution < 1.29 is 24.9 Å². The van der Waals surface area contributed by atoms with Crippen molar-refractivity contribution in [3.05, 3.63) is 38.7 Å². The van der Waals surface area contributed by atoms with Gasteiger partial charge in [0.2, 0.25) is 0 Å². The minimum atomic E-state index is -1.25. The lowest BCUT2D eigenvalue weighted by molar-refractivity contribution is -0.131. The average Bonchev–Trinajstić information content (AvgIpc) is 2.78. The Morgan fingerprint density at radius 2 is 2.24 bits per heavy atom. The molecule has 0 radical (unpaired) electrons. The number of aromatic amines is 1. The van der Waals surface area contributed by atoms with Gasteiger partial charge in [0.15, 0.2) is 6.23 Å². The quantitative estimate of drug-likeness (QED) is 0.477. The molecule has 0 spiro atoms. The molecule has 0 bridgehead atoms. The molecule has 0 aliphatic carbocycles. The molecule has 1 aliphatic heterocycles. The molecule has 21 heavy (non-hydrogen) atoms. The Kier molecular flexibility index (Phi) is 4.36. The standard InChI is InChI=1S/C12H14N2O7/c15-4-7-5-21-11(9(7)18)14-3-6(1-2-8(16)17)10(19)13-12(14)20/h1-3,7,9,11,15,18H,4-5H2,(H,16,17)(H,13,19,20)/b2-1+/t7-,9-,11+/m1/s1. The molecular formula is C12H14N2O7. The molecule has 0 amide bonds. The van der Waals surface area contributed by atoms with Crippen LogP contribution in [-0.4, -0.2) is 50.2 Å². The maximum Gasteiger partial charge on any atom is 0.330 e. The van der Waals surface area contributed by atoms with Gasteiger partial charge in [-0.2, -0.15) is 0 Å². The molecule has 3 atom stereocenters. The van der Waals surface area contributed by atoms with E-state index in [2.05, 4.69) is 0 Å². The highest BCUT2D eigenvalue weighted by atomic mass is 16.5. The molecule has 9 heteroatoms. The molecule has 1 aromatic heterocycles. The van der Waals surface area contributed by atoms with E-state index >= 15 is 0 Å². The van der Waals surface area contributed by atoms with E-state index < -0.39 is 35.5 Å². The van der Waals surface area contributed by atoms with Crippen LogP contribution in [0.1, 0.15) is 11.8 Å². The number of aliphatic hydroxyl groups excluding tert-OH is 2. The molecule has 0 aromatic carbocycles. The third-order valence-electron chi connectivity index (χ3n) is 3.17. The van der Waals surface area contributed by atoms with Crippen LogP contribution in [-0.2, 0) is 9.53 Å². The summed E-state index contributed by atoms with van der Waals surface area (Å²) in [7, 11) is 0. The van der Waals surface area contributed by atoms with Crippen LogP contribution in [0.15, 0.2) is 21.9 Å². The van der Waals surface area contributed by atoms with Gasteiger partial charge in [0, 0.05) is 18.2 Å². The van der Waals surface area contributed by atoms with Crippen LogP contribution in [0.25, 0.3) is 6.08 Å². The Bertz CT molecular complexity index is 675. The number of ether oxygens (including phenoxy) is 1. The molecule has 1 fully saturated rings. The van der Waals surface area contributed by atoms with E-state index in [-0.39, 0.29) is 18.8 Å². The molecule has 0 saturated carbocycles. The van der Waals surface area contributed by atoms with Gasteiger partial charge >= 0.3 is 11.7 Å². The minimum absolute atomic E-state index is 0.0637. The summed E-state index contributed by atoms with van der Waals surface area (Å²) in [5.41, 5.74) is -1.62. The molecule has 2 rings (SSSR count). The first-order chi connectivity index (χ1) is 9.93. The first-order valence-corrected chi connectivity index (χ1v) is 6.11. The Hall–Kier alpha value is -2.23. The van der Waals surface area contributed by atoms with Crippen molar-refractivity contribution in [1.29, 1.82) is 0 Å². The fraction of sp³-hybridized carbons (Fsp3) is 0.417. The summed E-state index contributed by atoms with van der Waals surface area (Å²) in [6.07, 6.45) is 0.719. The molecule has 1 saturated heterocycles. The lowest BCUT2D eigenvalue weighted by Gasteiger charge is -2.18. The van der Waals surface area contributed by atoms with Gasteiger partial charge in [0.05, 0.1) is 18.8 Å². The van der Waals surface area contributed by atoms with Crippen molar-refractivity contribution in [3.8, 4) is 0 Å². The SMILES string of the molecule is O=C(O)/C=C/c1cn([C@H]2OC[C@@H](CO)[C@H]2O)c(=O)[nH]c1=O. The fourth-order valence-corrected chi connectivity index (χ4v) is 2.03. The van der Waals surface area contributed by atoms with Crippen LogP contribution in [0.4, 0.5) is 0 Å². The van der Waals surface area contributed by atoms with E-state index in [1.165, 1.54) is 0 Å². The van der Waals surface area contributed by atoms with Crippen molar-refractivity contribution in [2.45, 2.75) is 12.3 Å². The number of carbonyl (C=O) groups is 1. The minimum Gasteiger partial charge on any atom is -0.478 e. The zero-order valence-electron chi connectivity index (χ0n) is 10.8. The van der Waals surface area contributed by atoms with E-state index in [9.17, 15) is 19.5 Å². The zero-order valence-corrected chi connectivity index (χ0v) is 10.8. The van der Waals surface area contributed by atoms with E-state index in [4.69, 9.17) is 14.9 Å². The molecule has 0 unspecified atom stereocenters. The molecule has 1 aromatic rings. The molecular weight excluding hydrogens is 284 g/mol. The zero-order chi connectivity index (χ0) is 15.6. The van der Waals surface area contributed by atoms with Crippen LogP contribution < -0.4 is 11.2 Å². The number of carboxylic acid groups (broad SMARTS) is 1. The monoisotopic (exact) mass is 298 g/mol. The van der Waals surface area contributed by atoms with Gasteiger partial charge in [-0.05, 0) is 6.08 Å². The number of aliphatic carboxylic acids is 1. The Labute approximate surface area is 117 Å².